The number of carbonyl (C=O) groups excluding carboxylic acids is 1. The molecule has 0 aromatic heterocycles. The highest BCUT2D eigenvalue weighted by Crippen LogP contribution is 2.31. The van der Waals surface area contributed by atoms with Crippen molar-refractivity contribution in [3.8, 4) is 5.75 Å². The van der Waals surface area contributed by atoms with Crippen molar-refractivity contribution < 1.29 is 9.53 Å². The molecular weight excluding hydrogens is 216 g/mol. The average molecular weight is 234 g/mol. The summed E-state index contributed by atoms with van der Waals surface area (Å²) in [5.74, 6) is 1.18. The molecule has 0 heterocycles. The van der Waals surface area contributed by atoms with Crippen molar-refractivity contribution in [1.82, 2.24) is 5.32 Å². The monoisotopic (exact) mass is 234 g/mol. The van der Waals surface area contributed by atoms with Gasteiger partial charge in [-0.25, -0.2) is 0 Å². The molecule has 1 fully saturated rings. The Balaban J connectivity index is 1.63. The second-order valence-electron chi connectivity index (χ2n) is 4.41. The number of ether oxygens (including phenoxy) is 1. The summed E-state index contributed by atoms with van der Waals surface area (Å²) in [6.07, 6.45) is 2.38. The number of nitrogens with one attached hydrogen (secondary N) is 1. The number of hydrogen-bond acceptors (Lipinski definition) is 3. The molecule has 1 aromatic carbocycles. The normalized spacial score (nSPS) is 16.3. The Morgan fingerprint density at radius 2 is 2.12 bits per heavy atom. The lowest BCUT2D eigenvalue weighted by molar-refractivity contribution is -0.123. The van der Waals surface area contributed by atoms with Gasteiger partial charge in [-0.3, -0.25) is 4.79 Å². The molecule has 0 aliphatic heterocycles. The maximum Gasteiger partial charge on any atom is 0.257 e. The van der Waals surface area contributed by atoms with Crippen molar-refractivity contribution in [1.29, 1.82) is 0 Å². The Kier molecular flexibility index (Phi) is 3.98. The van der Waals surface area contributed by atoms with E-state index in [0.29, 0.717) is 18.2 Å². The lowest BCUT2D eigenvalue weighted by Crippen LogP contribution is -2.40. The third-order valence-corrected chi connectivity index (χ3v) is 2.88. The van der Waals surface area contributed by atoms with Crippen LogP contribution in [0.4, 0.5) is 0 Å². The van der Waals surface area contributed by atoms with Gasteiger partial charge in [-0.1, -0.05) is 18.2 Å². The van der Waals surface area contributed by atoms with Crippen LogP contribution < -0.4 is 15.8 Å². The van der Waals surface area contributed by atoms with E-state index in [0.717, 1.165) is 0 Å². The number of carbonyl (C=O) groups is 1. The van der Waals surface area contributed by atoms with E-state index in [9.17, 15) is 4.79 Å². The third kappa shape index (κ3) is 4.07. The minimum absolute atomic E-state index is 0.0431. The molecular formula is C13H18N2O2. The molecule has 1 amide bonds. The molecule has 0 radical (unpaired) electrons. The van der Waals surface area contributed by atoms with Gasteiger partial charge in [-0.15, -0.1) is 0 Å². The van der Waals surface area contributed by atoms with Gasteiger partial charge in [0.25, 0.3) is 5.91 Å². The Hall–Kier alpha value is -1.55. The van der Waals surface area contributed by atoms with Crippen LogP contribution in [-0.2, 0) is 4.79 Å². The van der Waals surface area contributed by atoms with Crippen LogP contribution in [0.5, 0.6) is 5.75 Å². The Morgan fingerprint density at radius 3 is 2.76 bits per heavy atom. The Labute approximate surface area is 101 Å². The van der Waals surface area contributed by atoms with Gasteiger partial charge in [-0.05, 0) is 30.9 Å². The van der Waals surface area contributed by atoms with E-state index >= 15 is 0 Å². The maximum absolute atomic E-state index is 11.5. The summed E-state index contributed by atoms with van der Waals surface area (Å²) >= 11 is 0. The van der Waals surface area contributed by atoms with Crippen LogP contribution in [0.1, 0.15) is 12.8 Å². The predicted molar refractivity (Wildman–Crippen MR) is 65.6 cm³/mol. The smallest absolute Gasteiger partial charge is 0.257 e. The van der Waals surface area contributed by atoms with Crippen LogP contribution in [0.25, 0.3) is 0 Å². The van der Waals surface area contributed by atoms with Crippen LogP contribution in [0.15, 0.2) is 30.3 Å². The largest absolute Gasteiger partial charge is 0.484 e. The molecule has 17 heavy (non-hydrogen) atoms. The minimum atomic E-state index is -0.120. The zero-order valence-electron chi connectivity index (χ0n) is 9.76. The quantitative estimate of drug-likeness (QED) is 0.769. The number of rotatable bonds is 6. The van der Waals surface area contributed by atoms with Crippen LogP contribution in [0, 0.1) is 5.92 Å². The summed E-state index contributed by atoms with van der Waals surface area (Å²) in [6.45, 7) is 0.586. The molecule has 1 unspecified atom stereocenters. The van der Waals surface area contributed by atoms with Gasteiger partial charge >= 0.3 is 0 Å². The zero-order chi connectivity index (χ0) is 12.1. The summed E-state index contributed by atoms with van der Waals surface area (Å²) in [5.41, 5.74) is 5.88. The first-order valence-corrected chi connectivity index (χ1v) is 5.96. The predicted octanol–water partition coefficient (Wildman–Crippen LogP) is 0.919. The van der Waals surface area contributed by atoms with E-state index in [1.807, 2.05) is 30.3 Å². The molecule has 1 aliphatic carbocycles. The van der Waals surface area contributed by atoms with Gasteiger partial charge in [0, 0.05) is 12.6 Å². The highest BCUT2D eigenvalue weighted by molar-refractivity contribution is 5.77. The van der Waals surface area contributed by atoms with Crippen LogP contribution in [0.3, 0.4) is 0 Å². The molecule has 92 valence electrons. The first-order valence-electron chi connectivity index (χ1n) is 5.96. The molecule has 0 bridgehead atoms. The SMILES string of the molecule is NC(CNC(=O)COc1ccccc1)C1CC1. The van der Waals surface area contributed by atoms with Gasteiger partial charge in [0.05, 0.1) is 0 Å². The summed E-state index contributed by atoms with van der Waals surface area (Å²) < 4.78 is 5.32. The molecule has 0 spiro atoms. The highest BCUT2D eigenvalue weighted by Gasteiger charge is 2.28. The number of hydrogen-bond donors (Lipinski definition) is 2. The summed E-state index contributed by atoms with van der Waals surface area (Å²) in [5, 5.41) is 2.79. The van der Waals surface area contributed by atoms with Crippen LogP contribution in [0.2, 0.25) is 0 Å². The fourth-order valence-electron chi connectivity index (χ4n) is 1.64. The molecule has 1 aromatic rings. The lowest BCUT2D eigenvalue weighted by atomic mass is 10.2. The van der Waals surface area contributed by atoms with E-state index in [1.165, 1.54) is 12.8 Å². The first-order chi connectivity index (χ1) is 8.25. The number of amides is 1. The van der Waals surface area contributed by atoms with Crippen molar-refractivity contribution in [3.63, 3.8) is 0 Å². The van der Waals surface area contributed by atoms with Crippen molar-refractivity contribution in [3.05, 3.63) is 30.3 Å². The number of benzene rings is 1. The fraction of sp³-hybridized carbons (Fsp3) is 0.462. The lowest BCUT2D eigenvalue weighted by Gasteiger charge is -2.12. The maximum atomic E-state index is 11.5. The van der Waals surface area contributed by atoms with E-state index in [2.05, 4.69) is 5.32 Å². The van der Waals surface area contributed by atoms with Gasteiger partial charge in [0.1, 0.15) is 5.75 Å². The number of nitrogens with two attached hydrogens (primary N) is 1. The second-order valence-corrected chi connectivity index (χ2v) is 4.41. The second kappa shape index (κ2) is 5.68. The molecule has 4 nitrogen and oxygen atoms in total. The summed E-state index contributed by atoms with van der Waals surface area (Å²) in [4.78, 5) is 11.5. The molecule has 1 saturated carbocycles. The standard InChI is InChI=1S/C13H18N2O2/c14-12(10-6-7-10)8-15-13(16)9-17-11-4-2-1-3-5-11/h1-5,10,12H,6-9,14H2,(H,15,16). The van der Waals surface area contributed by atoms with Gasteiger partial charge in [0.2, 0.25) is 0 Å². The van der Waals surface area contributed by atoms with Crippen molar-refractivity contribution in [2.24, 2.45) is 11.7 Å². The highest BCUT2D eigenvalue weighted by atomic mass is 16.5. The van der Waals surface area contributed by atoms with Crippen LogP contribution >= 0.6 is 0 Å². The molecule has 1 aliphatic rings. The summed E-state index contributed by atoms with van der Waals surface area (Å²) in [7, 11) is 0. The minimum Gasteiger partial charge on any atom is -0.484 e. The van der Waals surface area contributed by atoms with E-state index in [-0.39, 0.29) is 18.6 Å². The van der Waals surface area contributed by atoms with Crippen molar-refractivity contribution in [2.75, 3.05) is 13.2 Å². The van der Waals surface area contributed by atoms with Crippen molar-refractivity contribution >= 4 is 5.91 Å². The molecule has 2 rings (SSSR count). The van der Waals surface area contributed by atoms with E-state index in [1.54, 1.807) is 0 Å². The van der Waals surface area contributed by atoms with Gasteiger partial charge in [-0.2, -0.15) is 0 Å². The van der Waals surface area contributed by atoms with Gasteiger partial charge < -0.3 is 15.8 Å². The van der Waals surface area contributed by atoms with Crippen molar-refractivity contribution in [2.45, 2.75) is 18.9 Å². The molecule has 3 N–H and O–H groups in total. The van der Waals surface area contributed by atoms with E-state index in [4.69, 9.17) is 10.5 Å². The first kappa shape index (κ1) is 11.9. The average Bonchev–Trinajstić information content (AvgIpc) is 3.19. The van der Waals surface area contributed by atoms with E-state index < -0.39 is 0 Å². The molecule has 4 heteroatoms. The number of para-hydroxylation sites is 1. The Morgan fingerprint density at radius 1 is 1.41 bits per heavy atom. The fourth-order valence-corrected chi connectivity index (χ4v) is 1.64. The zero-order valence-corrected chi connectivity index (χ0v) is 9.76. The summed E-state index contributed by atoms with van der Waals surface area (Å²) in [6, 6.07) is 9.39. The van der Waals surface area contributed by atoms with Crippen LogP contribution in [-0.4, -0.2) is 25.1 Å². The molecule has 1 atom stereocenters. The Bertz CT molecular complexity index is 363. The topological polar surface area (TPSA) is 64.3 Å². The third-order valence-electron chi connectivity index (χ3n) is 2.88. The molecule has 0 saturated heterocycles. The van der Waals surface area contributed by atoms with Gasteiger partial charge in [0.15, 0.2) is 6.61 Å².